The summed E-state index contributed by atoms with van der Waals surface area (Å²) in [5.74, 6) is 0. The molecular weight excluding hydrogens is 154 g/mol. The molecule has 0 aromatic rings. The van der Waals surface area contributed by atoms with Crippen molar-refractivity contribution >= 4 is 0 Å². The molecule has 0 N–H and O–H groups in total. The molecule has 0 spiro atoms. The molecule has 0 aromatic carbocycles. The fourth-order valence-corrected chi connectivity index (χ4v) is 1.22. The van der Waals surface area contributed by atoms with Crippen molar-refractivity contribution in [1.82, 2.24) is 4.90 Å². The molecule has 3 heteroatoms. The molecule has 1 unspecified atom stereocenters. The maximum absolute atomic E-state index is 5.25. The Bertz CT molecular complexity index is 153. The highest BCUT2D eigenvalue weighted by Gasteiger charge is 2.17. The third kappa shape index (κ3) is 2.36. The van der Waals surface area contributed by atoms with Crippen molar-refractivity contribution in [3.8, 4) is 0 Å². The number of rotatable bonds is 4. The Kier molecular flexibility index (Phi) is 3.84. The van der Waals surface area contributed by atoms with Gasteiger partial charge in [-0.25, -0.2) is 0 Å². The van der Waals surface area contributed by atoms with Crippen molar-refractivity contribution < 1.29 is 9.47 Å². The normalized spacial score (nSPS) is 21.3. The van der Waals surface area contributed by atoms with Gasteiger partial charge in [-0.3, -0.25) is 4.90 Å². The first-order valence-electron chi connectivity index (χ1n) is 4.09. The van der Waals surface area contributed by atoms with E-state index in [2.05, 4.69) is 18.1 Å². The van der Waals surface area contributed by atoms with E-state index in [-0.39, 0.29) is 6.23 Å². The zero-order valence-corrected chi connectivity index (χ0v) is 7.24. The number of nitrogens with zero attached hydrogens (tertiary/aromatic N) is 1. The van der Waals surface area contributed by atoms with E-state index in [0.29, 0.717) is 0 Å². The Morgan fingerprint density at radius 1 is 1.33 bits per heavy atom. The minimum absolute atomic E-state index is 0.0496. The lowest BCUT2D eigenvalue weighted by Crippen LogP contribution is -2.43. The van der Waals surface area contributed by atoms with E-state index in [1.165, 1.54) is 6.26 Å². The molecule has 0 amide bonds. The average Bonchev–Trinajstić information content (AvgIpc) is 2.15. The molecule has 3 nitrogen and oxygen atoms in total. The summed E-state index contributed by atoms with van der Waals surface area (Å²) in [5, 5.41) is 0. The number of morpholine rings is 1. The number of ether oxygens (including phenoxy) is 2. The summed E-state index contributed by atoms with van der Waals surface area (Å²) in [7, 11) is 0. The van der Waals surface area contributed by atoms with Crippen LogP contribution in [0.3, 0.4) is 0 Å². The minimum atomic E-state index is -0.0496. The van der Waals surface area contributed by atoms with Crippen molar-refractivity contribution in [3.05, 3.63) is 25.5 Å². The van der Waals surface area contributed by atoms with Gasteiger partial charge in [0, 0.05) is 13.1 Å². The number of hydrogen-bond acceptors (Lipinski definition) is 3. The topological polar surface area (TPSA) is 21.7 Å². The molecule has 0 aliphatic carbocycles. The molecule has 0 radical (unpaired) electrons. The highest BCUT2D eigenvalue weighted by Crippen LogP contribution is 2.06. The zero-order chi connectivity index (χ0) is 8.81. The lowest BCUT2D eigenvalue weighted by atomic mass is 10.4. The van der Waals surface area contributed by atoms with E-state index in [0.717, 1.165) is 26.3 Å². The van der Waals surface area contributed by atoms with E-state index >= 15 is 0 Å². The second-order valence-electron chi connectivity index (χ2n) is 2.58. The van der Waals surface area contributed by atoms with Crippen LogP contribution in [-0.2, 0) is 9.47 Å². The molecule has 0 saturated carbocycles. The summed E-state index contributed by atoms with van der Waals surface area (Å²) in [6.07, 6.45) is 3.17. The van der Waals surface area contributed by atoms with Crippen molar-refractivity contribution in [2.24, 2.45) is 0 Å². The average molecular weight is 169 g/mol. The molecule has 0 bridgehead atoms. The van der Waals surface area contributed by atoms with E-state index < -0.39 is 0 Å². The highest BCUT2D eigenvalue weighted by atomic mass is 16.5. The zero-order valence-electron chi connectivity index (χ0n) is 7.24. The molecule has 1 fully saturated rings. The van der Waals surface area contributed by atoms with E-state index in [1.807, 2.05) is 0 Å². The summed E-state index contributed by atoms with van der Waals surface area (Å²) >= 11 is 0. The van der Waals surface area contributed by atoms with Crippen molar-refractivity contribution in [2.75, 3.05) is 26.3 Å². The molecule has 1 aliphatic rings. The molecule has 0 aromatic heterocycles. The van der Waals surface area contributed by atoms with Gasteiger partial charge in [0.25, 0.3) is 0 Å². The number of hydrogen-bond donors (Lipinski definition) is 0. The molecule has 1 atom stereocenters. The highest BCUT2D eigenvalue weighted by molar-refractivity contribution is 4.83. The van der Waals surface area contributed by atoms with Crippen LogP contribution in [0.2, 0.25) is 0 Å². The Morgan fingerprint density at radius 2 is 2.00 bits per heavy atom. The summed E-state index contributed by atoms with van der Waals surface area (Å²) in [4.78, 5) is 2.16. The second kappa shape index (κ2) is 4.95. The Balaban J connectivity index is 2.39. The minimum Gasteiger partial charge on any atom is -0.480 e. The first-order valence-corrected chi connectivity index (χ1v) is 4.09. The van der Waals surface area contributed by atoms with Gasteiger partial charge in [-0.2, -0.15) is 0 Å². The van der Waals surface area contributed by atoms with Gasteiger partial charge < -0.3 is 9.47 Å². The summed E-state index contributed by atoms with van der Waals surface area (Å²) in [6.45, 7) is 10.5. The van der Waals surface area contributed by atoms with Crippen LogP contribution in [0.5, 0.6) is 0 Å². The van der Waals surface area contributed by atoms with Gasteiger partial charge in [0.05, 0.1) is 19.5 Å². The standard InChI is InChI=1S/C9H15NO2/c1-3-9(12-4-2)10-5-7-11-8-6-10/h3-4,9H,1-2,5-8H2. The maximum Gasteiger partial charge on any atom is 0.170 e. The van der Waals surface area contributed by atoms with E-state index in [9.17, 15) is 0 Å². The van der Waals surface area contributed by atoms with Crippen LogP contribution >= 0.6 is 0 Å². The van der Waals surface area contributed by atoms with Crippen LogP contribution in [-0.4, -0.2) is 37.4 Å². The van der Waals surface area contributed by atoms with Crippen LogP contribution < -0.4 is 0 Å². The van der Waals surface area contributed by atoms with Crippen LogP contribution in [0, 0.1) is 0 Å². The van der Waals surface area contributed by atoms with Gasteiger partial charge in [0.2, 0.25) is 0 Å². The lowest BCUT2D eigenvalue weighted by molar-refractivity contribution is -0.0413. The van der Waals surface area contributed by atoms with Crippen LogP contribution in [0.4, 0.5) is 0 Å². The Morgan fingerprint density at radius 3 is 2.50 bits per heavy atom. The largest absolute Gasteiger partial charge is 0.480 e. The Labute approximate surface area is 73.3 Å². The third-order valence-electron chi connectivity index (χ3n) is 1.84. The van der Waals surface area contributed by atoms with Gasteiger partial charge in [0.1, 0.15) is 0 Å². The van der Waals surface area contributed by atoms with E-state index in [1.54, 1.807) is 6.08 Å². The summed E-state index contributed by atoms with van der Waals surface area (Å²) < 4.78 is 10.5. The van der Waals surface area contributed by atoms with Gasteiger partial charge in [0.15, 0.2) is 6.23 Å². The van der Waals surface area contributed by atoms with Gasteiger partial charge in [-0.1, -0.05) is 13.2 Å². The monoisotopic (exact) mass is 169 g/mol. The molecule has 68 valence electrons. The van der Waals surface area contributed by atoms with Gasteiger partial charge in [-0.15, -0.1) is 0 Å². The van der Waals surface area contributed by atoms with Gasteiger partial charge in [-0.05, 0) is 6.08 Å². The van der Waals surface area contributed by atoms with E-state index in [4.69, 9.17) is 9.47 Å². The van der Waals surface area contributed by atoms with Crippen molar-refractivity contribution in [1.29, 1.82) is 0 Å². The fourth-order valence-electron chi connectivity index (χ4n) is 1.22. The first-order chi connectivity index (χ1) is 5.88. The van der Waals surface area contributed by atoms with Crippen LogP contribution in [0.1, 0.15) is 0 Å². The molecule has 12 heavy (non-hydrogen) atoms. The lowest BCUT2D eigenvalue weighted by Gasteiger charge is -2.31. The molecule has 1 saturated heterocycles. The molecule has 1 aliphatic heterocycles. The van der Waals surface area contributed by atoms with Crippen LogP contribution in [0.15, 0.2) is 25.5 Å². The smallest absolute Gasteiger partial charge is 0.170 e. The third-order valence-corrected chi connectivity index (χ3v) is 1.84. The molecule has 1 rings (SSSR count). The van der Waals surface area contributed by atoms with Gasteiger partial charge >= 0.3 is 0 Å². The predicted octanol–water partition coefficient (Wildman–Crippen LogP) is 0.991. The van der Waals surface area contributed by atoms with Crippen LogP contribution in [0.25, 0.3) is 0 Å². The fraction of sp³-hybridized carbons (Fsp3) is 0.556. The van der Waals surface area contributed by atoms with Crippen molar-refractivity contribution in [2.45, 2.75) is 6.23 Å². The quantitative estimate of drug-likeness (QED) is 0.463. The molecular formula is C9H15NO2. The molecule has 1 heterocycles. The predicted molar refractivity (Wildman–Crippen MR) is 47.7 cm³/mol. The van der Waals surface area contributed by atoms with Crippen molar-refractivity contribution in [3.63, 3.8) is 0 Å². The Hall–Kier alpha value is -0.800. The maximum atomic E-state index is 5.25. The second-order valence-corrected chi connectivity index (χ2v) is 2.58. The SMILES string of the molecule is C=COC(C=C)N1CCOCC1. The summed E-state index contributed by atoms with van der Waals surface area (Å²) in [5.41, 5.74) is 0. The summed E-state index contributed by atoms with van der Waals surface area (Å²) in [6, 6.07) is 0. The first kappa shape index (κ1) is 9.29.